The molecule has 0 N–H and O–H groups in total. The van der Waals surface area contributed by atoms with Crippen LogP contribution in [0.1, 0.15) is 41.7 Å². The van der Waals surface area contributed by atoms with E-state index in [-0.39, 0.29) is 12.1 Å². The molecule has 0 saturated heterocycles. The van der Waals surface area contributed by atoms with Gasteiger partial charge in [-0.25, -0.2) is 0 Å². The molecule has 2 aliphatic rings. The topological polar surface area (TPSA) is 33.0 Å². The molecule has 2 heterocycles. The van der Waals surface area contributed by atoms with Crippen molar-refractivity contribution in [3.8, 4) is 17.6 Å². The summed E-state index contributed by atoms with van der Waals surface area (Å²) >= 11 is 0. The Balaban J connectivity index is 1.94. The van der Waals surface area contributed by atoms with Crippen LogP contribution in [0.5, 0.6) is 11.5 Å². The Kier molecular flexibility index (Phi) is 3.16. The van der Waals surface area contributed by atoms with Crippen LogP contribution in [-0.4, -0.2) is 6.71 Å². The zero-order valence-corrected chi connectivity index (χ0v) is 16.1. The number of hydrogen-bond donors (Lipinski definition) is 0. The summed E-state index contributed by atoms with van der Waals surface area (Å²) in [5.74, 6) is 1.86. The Hall–Kier alpha value is -2.99. The van der Waals surface area contributed by atoms with Gasteiger partial charge in [-0.2, -0.15) is 5.26 Å². The smallest absolute Gasteiger partial charge is 0.251 e. The van der Waals surface area contributed by atoms with Crippen molar-refractivity contribution in [2.24, 2.45) is 0 Å². The van der Waals surface area contributed by atoms with Gasteiger partial charge in [0.05, 0.1) is 11.6 Å². The van der Waals surface area contributed by atoms with E-state index in [0.29, 0.717) is 5.56 Å². The number of hydrogen-bond acceptors (Lipinski definition) is 2. The summed E-state index contributed by atoms with van der Waals surface area (Å²) in [5.41, 5.74) is 9.43. The van der Waals surface area contributed by atoms with E-state index in [0.717, 1.165) is 11.5 Å². The third-order valence-corrected chi connectivity index (χ3v) is 6.19. The molecule has 0 aromatic heterocycles. The summed E-state index contributed by atoms with van der Waals surface area (Å²) in [4.78, 5) is 0. The van der Waals surface area contributed by atoms with Crippen molar-refractivity contribution in [2.75, 3.05) is 0 Å². The van der Waals surface area contributed by atoms with E-state index in [1.807, 2.05) is 6.07 Å². The van der Waals surface area contributed by atoms with E-state index in [9.17, 15) is 5.26 Å². The van der Waals surface area contributed by atoms with Gasteiger partial charge in [0.1, 0.15) is 11.5 Å². The van der Waals surface area contributed by atoms with Crippen LogP contribution in [0.15, 0.2) is 48.5 Å². The molecule has 0 radical (unpaired) electrons. The molecule has 0 atom stereocenters. The second kappa shape index (κ2) is 5.27. The first-order valence-corrected chi connectivity index (χ1v) is 9.38. The van der Waals surface area contributed by atoms with Crippen LogP contribution in [0.25, 0.3) is 0 Å². The van der Waals surface area contributed by atoms with E-state index in [1.54, 1.807) is 0 Å². The fourth-order valence-electron chi connectivity index (χ4n) is 5.07. The molecule has 0 aliphatic carbocycles. The number of benzene rings is 3. The van der Waals surface area contributed by atoms with E-state index in [4.69, 9.17) is 4.74 Å². The highest BCUT2D eigenvalue weighted by atomic mass is 16.5. The minimum atomic E-state index is -0.139. The summed E-state index contributed by atoms with van der Waals surface area (Å²) in [6, 6.07) is 19.2. The molecule has 3 aromatic carbocycles. The van der Waals surface area contributed by atoms with Gasteiger partial charge >= 0.3 is 0 Å². The van der Waals surface area contributed by atoms with Gasteiger partial charge in [0.2, 0.25) is 0 Å². The predicted molar refractivity (Wildman–Crippen MR) is 110 cm³/mol. The maximum Gasteiger partial charge on any atom is 0.251 e. The lowest BCUT2D eigenvalue weighted by atomic mass is 9.30. The number of nitriles is 1. The van der Waals surface area contributed by atoms with Gasteiger partial charge in [-0.05, 0) is 65.7 Å². The molecular weight excluding hydrogens is 329 g/mol. The molecule has 0 bridgehead atoms. The van der Waals surface area contributed by atoms with Crippen molar-refractivity contribution < 1.29 is 4.74 Å². The highest BCUT2D eigenvalue weighted by Gasteiger charge is 2.45. The highest BCUT2D eigenvalue weighted by molar-refractivity contribution is 6.98. The van der Waals surface area contributed by atoms with Crippen molar-refractivity contribution in [3.05, 3.63) is 76.3 Å². The van der Waals surface area contributed by atoms with Gasteiger partial charge in [0, 0.05) is 5.41 Å². The van der Waals surface area contributed by atoms with Gasteiger partial charge in [-0.1, -0.05) is 49.1 Å². The number of fused-ring (bicyclic) bond motifs is 4. The zero-order chi connectivity index (χ0) is 18.9. The second-order valence-corrected chi connectivity index (χ2v) is 8.28. The summed E-state index contributed by atoms with van der Waals surface area (Å²) in [7, 11) is 0. The van der Waals surface area contributed by atoms with Crippen LogP contribution in [0.3, 0.4) is 0 Å². The number of rotatable bonds is 0. The van der Waals surface area contributed by atoms with Crippen LogP contribution < -0.4 is 21.1 Å². The molecule has 3 heteroatoms. The van der Waals surface area contributed by atoms with Gasteiger partial charge in [-0.3, -0.25) is 0 Å². The van der Waals surface area contributed by atoms with E-state index in [2.05, 4.69) is 76.2 Å². The molecule has 130 valence electrons. The monoisotopic (exact) mass is 349 g/mol. The van der Waals surface area contributed by atoms with E-state index < -0.39 is 0 Å². The lowest BCUT2D eigenvalue weighted by Crippen LogP contribution is -2.62. The van der Waals surface area contributed by atoms with Crippen molar-refractivity contribution in [1.29, 1.82) is 5.26 Å². The fraction of sp³-hybridized carbons (Fsp3) is 0.208. The normalized spacial score (nSPS) is 15.1. The molecule has 0 unspecified atom stereocenters. The SMILES string of the molecule is Cc1ccc2c(c1)B1c3cc(C#N)ccc3C(C)(C)c3c(C)ccc(c31)O2. The van der Waals surface area contributed by atoms with Gasteiger partial charge in [0.25, 0.3) is 6.71 Å². The molecule has 3 aromatic rings. The van der Waals surface area contributed by atoms with E-state index >= 15 is 0 Å². The fourth-order valence-corrected chi connectivity index (χ4v) is 5.07. The Labute approximate surface area is 160 Å². The Morgan fingerprint density at radius 3 is 2.48 bits per heavy atom. The van der Waals surface area contributed by atoms with E-state index in [1.165, 1.54) is 38.6 Å². The van der Waals surface area contributed by atoms with Crippen molar-refractivity contribution >= 4 is 23.1 Å². The third kappa shape index (κ3) is 2.07. The molecule has 5 rings (SSSR count). The van der Waals surface area contributed by atoms with Crippen LogP contribution in [0, 0.1) is 25.2 Å². The number of aryl methyl sites for hydroxylation is 2. The van der Waals surface area contributed by atoms with Crippen LogP contribution in [0.4, 0.5) is 0 Å². The minimum absolute atomic E-state index is 0.106. The second-order valence-electron chi connectivity index (χ2n) is 8.28. The van der Waals surface area contributed by atoms with Crippen molar-refractivity contribution in [3.63, 3.8) is 0 Å². The lowest BCUT2D eigenvalue weighted by Gasteiger charge is -2.42. The molecule has 0 spiro atoms. The van der Waals surface area contributed by atoms with Gasteiger partial charge in [-0.15, -0.1) is 0 Å². The Morgan fingerprint density at radius 2 is 1.70 bits per heavy atom. The molecule has 0 amide bonds. The third-order valence-electron chi connectivity index (χ3n) is 6.19. The summed E-state index contributed by atoms with van der Waals surface area (Å²) < 4.78 is 6.33. The van der Waals surface area contributed by atoms with Crippen LogP contribution >= 0.6 is 0 Å². The summed E-state index contributed by atoms with van der Waals surface area (Å²) in [6.45, 7) is 8.97. The molecule has 27 heavy (non-hydrogen) atoms. The minimum Gasteiger partial charge on any atom is -0.458 e. The molecule has 0 saturated carbocycles. The van der Waals surface area contributed by atoms with Crippen molar-refractivity contribution in [2.45, 2.75) is 33.1 Å². The maximum atomic E-state index is 9.50. The van der Waals surface area contributed by atoms with Gasteiger partial charge in [0.15, 0.2) is 0 Å². The molecule has 0 fully saturated rings. The number of ether oxygens (including phenoxy) is 1. The summed E-state index contributed by atoms with van der Waals surface area (Å²) in [5, 5.41) is 9.50. The zero-order valence-electron chi connectivity index (χ0n) is 16.1. The van der Waals surface area contributed by atoms with Crippen LogP contribution in [-0.2, 0) is 5.41 Å². The average Bonchev–Trinajstić information content (AvgIpc) is 2.65. The lowest BCUT2D eigenvalue weighted by molar-refractivity contribution is 0.484. The highest BCUT2D eigenvalue weighted by Crippen LogP contribution is 2.40. The standard InChI is InChI=1S/C24H20BNO/c1-14-5-9-20-19(11-14)25-18-12-16(13-26)7-8-17(18)24(3,4)22-15(2)6-10-21(27-20)23(22)25/h5-12H,1-4H3. The molecule has 2 aliphatic heterocycles. The summed E-state index contributed by atoms with van der Waals surface area (Å²) in [6.07, 6.45) is 0. The quantitative estimate of drug-likeness (QED) is 0.456. The number of nitrogens with zero attached hydrogens (tertiary/aromatic N) is 1. The Morgan fingerprint density at radius 1 is 0.926 bits per heavy atom. The Bertz CT molecular complexity index is 1170. The average molecular weight is 349 g/mol. The maximum absolute atomic E-state index is 9.50. The first-order valence-electron chi connectivity index (χ1n) is 9.38. The van der Waals surface area contributed by atoms with Crippen LogP contribution in [0.2, 0.25) is 0 Å². The first-order chi connectivity index (χ1) is 12.9. The first kappa shape index (κ1) is 16.2. The van der Waals surface area contributed by atoms with Crippen molar-refractivity contribution in [1.82, 2.24) is 0 Å². The van der Waals surface area contributed by atoms with Gasteiger partial charge < -0.3 is 4.74 Å². The molecular formula is C24H20BNO. The largest absolute Gasteiger partial charge is 0.458 e. The molecule has 2 nitrogen and oxygen atoms in total. The predicted octanol–water partition coefficient (Wildman–Crippen LogP) is 3.44.